The molecule has 0 aliphatic heterocycles. The molecule has 0 aromatic heterocycles. The van der Waals surface area contributed by atoms with Gasteiger partial charge in [-0.05, 0) is 26.4 Å². The maximum Gasteiger partial charge on any atom is 0.264 e. The van der Waals surface area contributed by atoms with Crippen LogP contribution in [0.2, 0.25) is 0 Å². The number of unbranched alkanes of at least 4 members (excludes halogenated alkanes) is 1. The Balaban J connectivity index is 3.19. The van der Waals surface area contributed by atoms with Crippen molar-refractivity contribution in [3.63, 3.8) is 0 Å². The van der Waals surface area contributed by atoms with Crippen LogP contribution in [0.1, 0.15) is 12.8 Å². The van der Waals surface area contributed by atoms with E-state index in [-0.39, 0.29) is 5.75 Å². The van der Waals surface area contributed by atoms with Crippen LogP contribution in [-0.2, 0) is 29.1 Å². The maximum atomic E-state index is 10.6. The summed E-state index contributed by atoms with van der Waals surface area (Å²) in [5.41, 5.74) is 0. The van der Waals surface area contributed by atoms with Gasteiger partial charge in [0.2, 0.25) is 0 Å². The van der Waals surface area contributed by atoms with E-state index < -0.39 is 10.1 Å². The summed E-state index contributed by atoms with van der Waals surface area (Å²) < 4.78 is 52.3. The van der Waals surface area contributed by atoms with E-state index in [1.54, 1.807) is 0 Å². The van der Waals surface area contributed by atoms with E-state index in [2.05, 4.69) is 27.5 Å². The molecule has 0 heterocycles. The minimum Gasteiger partial charge on any atom is -0.378 e. The molecular formula is C15H32INO7S. The molecule has 0 unspecified atom stereocenters. The minimum absolute atomic E-state index is 0.177. The summed E-state index contributed by atoms with van der Waals surface area (Å²) in [5, 5.41) is 0. The van der Waals surface area contributed by atoms with Crippen molar-refractivity contribution in [2.75, 3.05) is 83.2 Å². The van der Waals surface area contributed by atoms with Crippen LogP contribution < -0.4 is 0 Å². The number of nitrogens with zero attached hydrogens (tertiary/aromatic N) is 1. The van der Waals surface area contributed by atoms with Crippen LogP contribution >= 0.6 is 22.6 Å². The van der Waals surface area contributed by atoms with Crippen LogP contribution in [0.5, 0.6) is 0 Å². The van der Waals surface area contributed by atoms with Gasteiger partial charge in [0.1, 0.15) is 0 Å². The molecule has 0 radical (unpaired) electrons. The number of ether oxygens (including phenoxy) is 4. The number of rotatable bonds is 19. The molecule has 25 heavy (non-hydrogen) atoms. The van der Waals surface area contributed by atoms with E-state index in [4.69, 9.17) is 23.5 Å². The molecule has 1 N–H and O–H groups in total. The Bertz CT molecular complexity index is 384. The standard InChI is InChI=1S/C15H32INO7S/c1-17(5-2-3-15-25(18,19)20)6-8-22-10-12-24-14-13-23-11-9-21-7-4-16/h2-15H2,1H3,(H,18,19,20). The third-order valence-electron chi connectivity index (χ3n) is 3.15. The molecule has 0 bridgehead atoms. The monoisotopic (exact) mass is 497 g/mol. The van der Waals surface area contributed by atoms with Crippen molar-refractivity contribution in [3.8, 4) is 0 Å². The molecule has 0 aromatic carbocycles. The van der Waals surface area contributed by atoms with Gasteiger partial charge in [-0.2, -0.15) is 8.42 Å². The average Bonchev–Trinajstić information content (AvgIpc) is 2.55. The maximum absolute atomic E-state index is 10.6. The van der Waals surface area contributed by atoms with E-state index in [0.717, 1.165) is 30.5 Å². The second-order valence-corrected chi connectivity index (χ2v) is 8.09. The lowest BCUT2D eigenvalue weighted by Crippen LogP contribution is -2.25. The second kappa shape index (κ2) is 17.8. The molecule has 0 atom stereocenters. The smallest absolute Gasteiger partial charge is 0.264 e. The zero-order valence-corrected chi connectivity index (χ0v) is 18.0. The minimum atomic E-state index is -3.84. The van der Waals surface area contributed by atoms with Crippen molar-refractivity contribution in [1.29, 1.82) is 0 Å². The Morgan fingerprint density at radius 2 is 1.28 bits per heavy atom. The molecule has 10 heteroatoms. The lowest BCUT2D eigenvalue weighted by atomic mass is 10.3. The largest absolute Gasteiger partial charge is 0.378 e. The molecule has 0 rings (SSSR count). The van der Waals surface area contributed by atoms with Gasteiger partial charge in [0.05, 0.1) is 58.6 Å². The molecule has 0 aromatic rings. The predicted molar refractivity (Wildman–Crippen MR) is 105 cm³/mol. The fraction of sp³-hybridized carbons (Fsp3) is 1.00. The highest BCUT2D eigenvalue weighted by Crippen LogP contribution is 1.96. The molecule has 0 aliphatic carbocycles. The normalized spacial score (nSPS) is 12.2. The highest BCUT2D eigenvalue weighted by atomic mass is 127. The molecule has 0 aliphatic rings. The number of alkyl halides is 1. The van der Waals surface area contributed by atoms with Crippen LogP contribution in [0, 0.1) is 0 Å². The lowest BCUT2D eigenvalue weighted by molar-refractivity contribution is -0.00176. The Labute approximate surface area is 165 Å². The molecule has 0 saturated carbocycles. The third kappa shape index (κ3) is 22.4. The van der Waals surface area contributed by atoms with Crippen molar-refractivity contribution in [1.82, 2.24) is 4.90 Å². The predicted octanol–water partition coefficient (Wildman–Crippen LogP) is 1.09. The van der Waals surface area contributed by atoms with Gasteiger partial charge in [-0.3, -0.25) is 4.55 Å². The van der Waals surface area contributed by atoms with Gasteiger partial charge in [-0.25, -0.2) is 0 Å². The molecular weight excluding hydrogens is 465 g/mol. The summed E-state index contributed by atoms with van der Waals surface area (Å²) in [6.45, 7) is 6.29. The number of halogens is 1. The van der Waals surface area contributed by atoms with Gasteiger partial charge in [0.15, 0.2) is 0 Å². The highest BCUT2D eigenvalue weighted by molar-refractivity contribution is 14.1. The SMILES string of the molecule is CN(CCCCS(=O)(=O)O)CCOCCOCCOCCOCCI. The number of hydrogen-bond acceptors (Lipinski definition) is 7. The van der Waals surface area contributed by atoms with Gasteiger partial charge in [-0.1, -0.05) is 22.6 Å². The van der Waals surface area contributed by atoms with Gasteiger partial charge in [0, 0.05) is 11.0 Å². The van der Waals surface area contributed by atoms with E-state index in [1.165, 1.54) is 0 Å². The summed E-state index contributed by atoms with van der Waals surface area (Å²) in [7, 11) is -1.88. The Kier molecular flexibility index (Phi) is 18.1. The van der Waals surface area contributed by atoms with Crippen LogP contribution in [-0.4, -0.2) is 101 Å². The topological polar surface area (TPSA) is 94.5 Å². The van der Waals surface area contributed by atoms with Gasteiger partial charge in [-0.15, -0.1) is 0 Å². The summed E-state index contributed by atoms with van der Waals surface area (Å²) in [6, 6.07) is 0. The zero-order valence-electron chi connectivity index (χ0n) is 15.0. The zero-order chi connectivity index (χ0) is 18.8. The first-order valence-corrected chi connectivity index (χ1v) is 11.6. The first-order chi connectivity index (χ1) is 12.0. The molecule has 0 amide bonds. The van der Waals surface area contributed by atoms with Gasteiger partial charge in [0.25, 0.3) is 10.1 Å². The fourth-order valence-electron chi connectivity index (χ4n) is 1.81. The van der Waals surface area contributed by atoms with Crippen molar-refractivity contribution in [2.24, 2.45) is 0 Å². The van der Waals surface area contributed by atoms with Crippen molar-refractivity contribution in [3.05, 3.63) is 0 Å². The summed E-state index contributed by atoms with van der Waals surface area (Å²) in [6.07, 6.45) is 1.19. The first kappa shape index (κ1) is 25.4. The van der Waals surface area contributed by atoms with E-state index >= 15 is 0 Å². The molecule has 0 fully saturated rings. The first-order valence-electron chi connectivity index (χ1n) is 8.46. The van der Waals surface area contributed by atoms with Crippen LogP contribution in [0.4, 0.5) is 0 Å². The number of likely N-dealkylation sites (N-methyl/N-ethyl adjacent to an activating group) is 1. The Hall–Kier alpha value is 0.440. The van der Waals surface area contributed by atoms with Crippen molar-refractivity contribution < 1.29 is 31.9 Å². The molecule has 0 spiro atoms. The third-order valence-corrected chi connectivity index (χ3v) is 4.39. The quantitative estimate of drug-likeness (QED) is 0.123. The van der Waals surface area contributed by atoms with Crippen LogP contribution in [0.15, 0.2) is 0 Å². The second-order valence-electron chi connectivity index (χ2n) is 5.43. The van der Waals surface area contributed by atoms with E-state index in [1.807, 2.05) is 7.05 Å². The average molecular weight is 497 g/mol. The van der Waals surface area contributed by atoms with Crippen molar-refractivity contribution >= 4 is 32.7 Å². The van der Waals surface area contributed by atoms with Crippen LogP contribution in [0.25, 0.3) is 0 Å². The lowest BCUT2D eigenvalue weighted by Gasteiger charge is -2.16. The van der Waals surface area contributed by atoms with E-state index in [0.29, 0.717) is 52.7 Å². The van der Waals surface area contributed by atoms with Gasteiger partial charge < -0.3 is 23.8 Å². The van der Waals surface area contributed by atoms with Gasteiger partial charge >= 0.3 is 0 Å². The Morgan fingerprint density at radius 1 is 0.800 bits per heavy atom. The van der Waals surface area contributed by atoms with Crippen molar-refractivity contribution in [2.45, 2.75) is 12.8 Å². The molecule has 0 saturated heterocycles. The van der Waals surface area contributed by atoms with E-state index in [9.17, 15) is 8.42 Å². The van der Waals surface area contributed by atoms with Crippen LogP contribution in [0.3, 0.4) is 0 Å². The summed E-state index contributed by atoms with van der Waals surface area (Å²) >= 11 is 2.26. The molecule has 8 nitrogen and oxygen atoms in total. The fourth-order valence-corrected chi connectivity index (χ4v) is 2.70. The Morgan fingerprint density at radius 3 is 1.76 bits per heavy atom. The summed E-state index contributed by atoms with van der Waals surface area (Å²) in [4.78, 5) is 2.07. The number of hydrogen-bond donors (Lipinski definition) is 1. The summed E-state index contributed by atoms with van der Waals surface area (Å²) in [5.74, 6) is -0.177. The highest BCUT2D eigenvalue weighted by Gasteiger charge is 2.04. The molecule has 152 valence electrons.